The second kappa shape index (κ2) is 8.41. The molecule has 2 N–H and O–H groups in total. The van der Waals surface area contributed by atoms with Gasteiger partial charge in [0.05, 0.1) is 6.61 Å². The minimum absolute atomic E-state index is 0.146. The molecule has 0 unspecified atom stereocenters. The molecular formula is C11H21NO3. The number of hydrogen-bond acceptors (Lipinski definition) is 4. The van der Waals surface area contributed by atoms with Crippen molar-refractivity contribution in [3.05, 3.63) is 0 Å². The van der Waals surface area contributed by atoms with E-state index in [2.05, 4.69) is 0 Å². The Bertz CT molecular complexity index is 194. The number of aldehydes is 1. The monoisotopic (exact) mass is 215 g/mol. The fraction of sp³-hybridized carbons (Fsp3) is 0.818. The average Bonchev–Trinajstić information content (AvgIpc) is 2.26. The standard InChI is InChI=1S/C11H21NO3/c1-3-9(2)10(12)11(14)15-8-6-4-5-7-13/h7,9-10H,3-6,8,12H2,1-2H3/t9-,10-/m0/s1. The Morgan fingerprint density at radius 1 is 1.47 bits per heavy atom. The summed E-state index contributed by atoms with van der Waals surface area (Å²) in [5, 5.41) is 0. The normalized spacial score (nSPS) is 14.3. The van der Waals surface area contributed by atoms with E-state index >= 15 is 0 Å². The third kappa shape index (κ3) is 6.23. The third-order valence-corrected chi connectivity index (χ3v) is 2.49. The molecule has 0 bridgehead atoms. The van der Waals surface area contributed by atoms with Gasteiger partial charge in [-0.2, -0.15) is 0 Å². The van der Waals surface area contributed by atoms with Crippen molar-refractivity contribution in [1.29, 1.82) is 0 Å². The molecule has 0 amide bonds. The number of ether oxygens (including phenoxy) is 1. The van der Waals surface area contributed by atoms with Crippen molar-refractivity contribution in [2.75, 3.05) is 6.61 Å². The summed E-state index contributed by atoms with van der Waals surface area (Å²) in [6.45, 7) is 4.27. The molecule has 4 heteroatoms. The smallest absolute Gasteiger partial charge is 0.323 e. The molecule has 0 aromatic rings. The van der Waals surface area contributed by atoms with Crippen LogP contribution in [0.5, 0.6) is 0 Å². The van der Waals surface area contributed by atoms with Crippen molar-refractivity contribution in [2.45, 2.75) is 45.6 Å². The van der Waals surface area contributed by atoms with Gasteiger partial charge in [0.2, 0.25) is 0 Å². The summed E-state index contributed by atoms with van der Waals surface area (Å²) >= 11 is 0. The molecule has 0 radical (unpaired) electrons. The Morgan fingerprint density at radius 2 is 2.13 bits per heavy atom. The van der Waals surface area contributed by atoms with Gasteiger partial charge < -0.3 is 15.3 Å². The first-order valence-electron chi connectivity index (χ1n) is 5.49. The van der Waals surface area contributed by atoms with Gasteiger partial charge in [0, 0.05) is 6.42 Å². The lowest BCUT2D eigenvalue weighted by Gasteiger charge is -2.16. The average molecular weight is 215 g/mol. The van der Waals surface area contributed by atoms with Crippen molar-refractivity contribution in [1.82, 2.24) is 0 Å². The molecule has 0 saturated heterocycles. The van der Waals surface area contributed by atoms with Crippen LogP contribution in [0.15, 0.2) is 0 Å². The number of rotatable bonds is 8. The molecule has 0 aromatic carbocycles. The van der Waals surface area contributed by atoms with E-state index in [0.717, 1.165) is 25.5 Å². The molecule has 0 aliphatic rings. The maximum absolute atomic E-state index is 11.4. The van der Waals surface area contributed by atoms with Gasteiger partial charge in [0.1, 0.15) is 12.3 Å². The maximum atomic E-state index is 11.4. The van der Waals surface area contributed by atoms with Crippen LogP contribution >= 0.6 is 0 Å². The van der Waals surface area contributed by atoms with Crippen molar-refractivity contribution in [3.63, 3.8) is 0 Å². The van der Waals surface area contributed by atoms with E-state index in [-0.39, 0.29) is 11.9 Å². The van der Waals surface area contributed by atoms with Gasteiger partial charge >= 0.3 is 5.97 Å². The molecule has 0 aliphatic carbocycles. The fourth-order valence-corrected chi connectivity index (χ4v) is 1.08. The molecular weight excluding hydrogens is 194 g/mol. The molecule has 4 nitrogen and oxygen atoms in total. The summed E-state index contributed by atoms with van der Waals surface area (Å²) in [4.78, 5) is 21.4. The first-order chi connectivity index (χ1) is 7.13. The number of esters is 1. The van der Waals surface area contributed by atoms with Crippen molar-refractivity contribution >= 4 is 12.3 Å². The predicted octanol–water partition coefficient (Wildman–Crippen LogP) is 1.27. The molecule has 0 aromatic heterocycles. The van der Waals surface area contributed by atoms with E-state index in [4.69, 9.17) is 10.5 Å². The lowest BCUT2D eigenvalue weighted by molar-refractivity contribution is -0.146. The third-order valence-electron chi connectivity index (χ3n) is 2.49. The summed E-state index contributed by atoms with van der Waals surface area (Å²) in [7, 11) is 0. The lowest BCUT2D eigenvalue weighted by Crippen LogP contribution is -2.38. The summed E-state index contributed by atoms with van der Waals surface area (Å²) in [5.74, 6) is -0.192. The Hall–Kier alpha value is -0.900. The second-order valence-electron chi connectivity index (χ2n) is 3.74. The Morgan fingerprint density at radius 3 is 2.67 bits per heavy atom. The van der Waals surface area contributed by atoms with Gasteiger partial charge in [-0.1, -0.05) is 20.3 Å². The molecule has 0 fully saturated rings. The van der Waals surface area contributed by atoms with Gasteiger partial charge in [0.15, 0.2) is 0 Å². The Labute approximate surface area is 91.2 Å². The van der Waals surface area contributed by atoms with Gasteiger partial charge in [-0.05, 0) is 18.8 Å². The highest BCUT2D eigenvalue weighted by atomic mass is 16.5. The van der Waals surface area contributed by atoms with Crippen LogP contribution in [0.2, 0.25) is 0 Å². The van der Waals surface area contributed by atoms with Gasteiger partial charge in [0.25, 0.3) is 0 Å². The van der Waals surface area contributed by atoms with Crippen LogP contribution in [0.1, 0.15) is 39.5 Å². The summed E-state index contributed by atoms with van der Waals surface area (Å²) in [6, 6.07) is -0.527. The van der Waals surface area contributed by atoms with Crippen LogP contribution < -0.4 is 5.73 Å². The van der Waals surface area contributed by atoms with Crippen molar-refractivity contribution in [2.24, 2.45) is 11.7 Å². The highest BCUT2D eigenvalue weighted by molar-refractivity contribution is 5.75. The molecule has 2 atom stereocenters. The highest BCUT2D eigenvalue weighted by Gasteiger charge is 2.20. The SMILES string of the molecule is CC[C@H](C)[C@H](N)C(=O)OCCCCC=O. The lowest BCUT2D eigenvalue weighted by atomic mass is 10.0. The quantitative estimate of drug-likeness (QED) is 0.376. The van der Waals surface area contributed by atoms with Crippen LogP contribution in [-0.2, 0) is 14.3 Å². The van der Waals surface area contributed by atoms with Crippen LogP contribution in [0, 0.1) is 5.92 Å². The van der Waals surface area contributed by atoms with E-state index in [1.165, 1.54) is 0 Å². The molecule has 0 rings (SSSR count). The van der Waals surface area contributed by atoms with Crippen LogP contribution in [0.4, 0.5) is 0 Å². The van der Waals surface area contributed by atoms with Gasteiger partial charge in [-0.3, -0.25) is 4.79 Å². The number of carbonyl (C=O) groups excluding carboxylic acids is 2. The topological polar surface area (TPSA) is 69.4 Å². The molecule has 0 heterocycles. The molecule has 0 saturated carbocycles. The minimum atomic E-state index is -0.527. The van der Waals surface area contributed by atoms with Crippen molar-refractivity contribution < 1.29 is 14.3 Å². The first-order valence-corrected chi connectivity index (χ1v) is 5.49. The van der Waals surface area contributed by atoms with Crippen LogP contribution in [0.25, 0.3) is 0 Å². The van der Waals surface area contributed by atoms with Gasteiger partial charge in [-0.25, -0.2) is 0 Å². The highest BCUT2D eigenvalue weighted by Crippen LogP contribution is 2.07. The fourth-order valence-electron chi connectivity index (χ4n) is 1.08. The number of unbranched alkanes of at least 4 members (excludes halogenated alkanes) is 2. The molecule has 0 spiro atoms. The number of carbonyl (C=O) groups is 2. The van der Waals surface area contributed by atoms with Crippen LogP contribution in [-0.4, -0.2) is 24.9 Å². The summed E-state index contributed by atoms with van der Waals surface area (Å²) in [5.41, 5.74) is 5.68. The zero-order valence-corrected chi connectivity index (χ0v) is 9.57. The van der Waals surface area contributed by atoms with Crippen LogP contribution in [0.3, 0.4) is 0 Å². The number of hydrogen-bond donors (Lipinski definition) is 1. The van der Waals surface area contributed by atoms with E-state index in [1.54, 1.807) is 0 Å². The van der Waals surface area contributed by atoms with Gasteiger partial charge in [-0.15, -0.1) is 0 Å². The first kappa shape index (κ1) is 14.1. The zero-order chi connectivity index (χ0) is 11.7. The molecule has 15 heavy (non-hydrogen) atoms. The molecule has 0 aliphatic heterocycles. The predicted molar refractivity (Wildman–Crippen MR) is 58.3 cm³/mol. The zero-order valence-electron chi connectivity index (χ0n) is 9.57. The Balaban J connectivity index is 3.60. The molecule has 88 valence electrons. The van der Waals surface area contributed by atoms with E-state index < -0.39 is 6.04 Å². The largest absolute Gasteiger partial charge is 0.465 e. The Kier molecular flexibility index (Phi) is 7.91. The van der Waals surface area contributed by atoms with E-state index in [1.807, 2.05) is 13.8 Å². The second-order valence-corrected chi connectivity index (χ2v) is 3.74. The van der Waals surface area contributed by atoms with E-state index in [0.29, 0.717) is 13.0 Å². The summed E-state index contributed by atoms with van der Waals surface area (Å²) in [6.07, 6.45) is 3.73. The number of nitrogens with two attached hydrogens (primary N) is 1. The van der Waals surface area contributed by atoms with Crippen molar-refractivity contribution in [3.8, 4) is 0 Å². The minimum Gasteiger partial charge on any atom is -0.465 e. The van der Waals surface area contributed by atoms with E-state index in [9.17, 15) is 9.59 Å². The summed E-state index contributed by atoms with van der Waals surface area (Å²) < 4.78 is 4.99. The maximum Gasteiger partial charge on any atom is 0.323 e.